The van der Waals surface area contributed by atoms with Gasteiger partial charge in [0.25, 0.3) is 0 Å². The van der Waals surface area contributed by atoms with E-state index in [1.54, 1.807) is 0 Å². The lowest BCUT2D eigenvalue weighted by Crippen LogP contribution is -2.28. The molecule has 0 radical (unpaired) electrons. The van der Waals surface area contributed by atoms with Gasteiger partial charge in [-0.2, -0.15) is 0 Å². The fourth-order valence-electron chi connectivity index (χ4n) is 5.94. The molecular formula is C38H42O6. The van der Waals surface area contributed by atoms with E-state index in [9.17, 15) is 0 Å². The number of allylic oxidation sites excluding steroid dienone is 2. The molecule has 6 nitrogen and oxygen atoms in total. The maximum atomic E-state index is 6.08. The molecule has 3 saturated heterocycles. The number of epoxide rings is 3. The Labute approximate surface area is 260 Å². The molecular weight excluding hydrogens is 552 g/mol. The van der Waals surface area contributed by atoms with Crippen LogP contribution in [-0.2, 0) is 29.8 Å². The van der Waals surface area contributed by atoms with Gasteiger partial charge in [0.15, 0.2) is 0 Å². The van der Waals surface area contributed by atoms with Crippen molar-refractivity contribution in [3.05, 3.63) is 119 Å². The van der Waals surface area contributed by atoms with Crippen molar-refractivity contribution in [3.63, 3.8) is 0 Å². The van der Waals surface area contributed by atoms with Crippen LogP contribution < -0.4 is 9.47 Å². The van der Waals surface area contributed by atoms with E-state index in [2.05, 4.69) is 112 Å². The molecule has 0 saturated carbocycles. The van der Waals surface area contributed by atoms with Gasteiger partial charge in [-0.15, -0.1) is 0 Å². The Kier molecular flexibility index (Phi) is 8.10. The second-order valence-corrected chi connectivity index (χ2v) is 13.0. The molecule has 0 aromatic heterocycles. The smallest absolute Gasteiger partial charge is 0.119 e. The van der Waals surface area contributed by atoms with Crippen LogP contribution in [0, 0.1) is 0 Å². The van der Waals surface area contributed by atoms with Crippen LogP contribution in [0.25, 0.3) is 0 Å². The van der Waals surface area contributed by atoms with Crippen molar-refractivity contribution >= 4 is 0 Å². The Morgan fingerprint density at radius 3 is 1.50 bits per heavy atom. The zero-order valence-electron chi connectivity index (χ0n) is 25.9. The quantitative estimate of drug-likeness (QED) is 0.198. The molecule has 5 atom stereocenters. The summed E-state index contributed by atoms with van der Waals surface area (Å²) in [5.74, 6) is 1.75. The second kappa shape index (κ2) is 12.2. The van der Waals surface area contributed by atoms with Crippen LogP contribution >= 0.6 is 0 Å². The van der Waals surface area contributed by atoms with Crippen LogP contribution in [0.1, 0.15) is 49.4 Å². The molecule has 3 aliphatic heterocycles. The fraction of sp³-hybridized carbons (Fsp3) is 0.421. The molecule has 6 heteroatoms. The van der Waals surface area contributed by atoms with Crippen LogP contribution in [-0.4, -0.2) is 64.1 Å². The number of ether oxygens (including phenoxy) is 6. The lowest BCUT2D eigenvalue weighted by Gasteiger charge is -2.35. The number of benzene rings is 3. The molecule has 3 aromatic carbocycles. The van der Waals surface area contributed by atoms with Crippen LogP contribution in [0.2, 0.25) is 0 Å². The third-order valence-corrected chi connectivity index (χ3v) is 9.40. The standard InChI is InChI=1S/C38H42O6/c1-37(2,27-8-14-31(15-9-27)39-20-34-23-42-34)26-4-6-28(7-5-26)38(3,29-10-16-32(17-11-29)40-21-35-24-43-35)30-12-18-33(19-13-30)41-22-36-25-44-36/h4-18,33-36H,19-25H2,1-3H3. The van der Waals surface area contributed by atoms with Crippen molar-refractivity contribution < 1.29 is 28.4 Å². The van der Waals surface area contributed by atoms with Crippen molar-refractivity contribution in [3.8, 4) is 11.5 Å². The predicted molar refractivity (Wildman–Crippen MR) is 170 cm³/mol. The molecule has 3 heterocycles. The third kappa shape index (κ3) is 6.64. The number of rotatable bonds is 14. The van der Waals surface area contributed by atoms with Gasteiger partial charge in [-0.1, -0.05) is 80.6 Å². The highest BCUT2D eigenvalue weighted by Gasteiger charge is 2.35. The summed E-state index contributed by atoms with van der Waals surface area (Å²) in [7, 11) is 0. The van der Waals surface area contributed by atoms with E-state index in [0.717, 1.165) is 37.7 Å². The summed E-state index contributed by atoms with van der Waals surface area (Å²) < 4.78 is 33.8. The first-order valence-corrected chi connectivity index (χ1v) is 15.8. The maximum Gasteiger partial charge on any atom is 0.119 e. The lowest BCUT2D eigenvalue weighted by atomic mass is 9.68. The third-order valence-electron chi connectivity index (χ3n) is 9.40. The molecule has 7 rings (SSSR count). The van der Waals surface area contributed by atoms with Crippen LogP contribution in [0.4, 0.5) is 0 Å². The first-order valence-electron chi connectivity index (χ1n) is 15.8. The number of hydrogen-bond acceptors (Lipinski definition) is 6. The summed E-state index contributed by atoms with van der Waals surface area (Å²) >= 11 is 0. The Hall–Kier alpha value is -3.42. The van der Waals surface area contributed by atoms with Crippen molar-refractivity contribution in [2.24, 2.45) is 0 Å². The Morgan fingerprint density at radius 2 is 1.05 bits per heavy atom. The van der Waals surface area contributed by atoms with Crippen molar-refractivity contribution in [1.29, 1.82) is 0 Å². The molecule has 0 amide bonds. The monoisotopic (exact) mass is 594 g/mol. The normalized spacial score (nSPS) is 25.1. The van der Waals surface area contributed by atoms with Gasteiger partial charge in [0, 0.05) is 10.8 Å². The minimum absolute atomic E-state index is 0.0784. The highest BCUT2D eigenvalue weighted by atomic mass is 16.6. The van der Waals surface area contributed by atoms with Crippen LogP contribution in [0.5, 0.6) is 11.5 Å². The van der Waals surface area contributed by atoms with E-state index in [1.807, 2.05) is 0 Å². The van der Waals surface area contributed by atoms with E-state index >= 15 is 0 Å². The molecule has 230 valence electrons. The molecule has 0 N–H and O–H groups in total. The van der Waals surface area contributed by atoms with Crippen LogP contribution in [0.15, 0.2) is 96.6 Å². The second-order valence-electron chi connectivity index (χ2n) is 13.0. The minimum atomic E-state index is -0.355. The summed E-state index contributed by atoms with van der Waals surface area (Å²) in [6.07, 6.45) is 8.45. The summed E-state index contributed by atoms with van der Waals surface area (Å²) in [4.78, 5) is 0. The van der Waals surface area contributed by atoms with Gasteiger partial charge in [-0.25, -0.2) is 0 Å². The average Bonchev–Trinajstić information content (AvgIpc) is 3.91. The van der Waals surface area contributed by atoms with Crippen LogP contribution in [0.3, 0.4) is 0 Å². The molecule has 5 unspecified atom stereocenters. The summed E-state index contributed by atoms with van der Waals surface area (Å²) in [6, 6.07) is 26.2. The largest absolute Gasteiger partial charge is 0.491 e. The molecule has 3 fully saturated rings. The highest BCUT2D eigenvalue weighted by molar-refractivity contribution is 5.54. The number of hydrogen-bond donors (Lipinski definition) is 0. The summed E-state index contributed by atoms with van der Waals surface area (Å²) in [5.41, 5.74) is 5.70. The molecule has 44 heavy (non-hydrogen) atoms. The van der Waals surface area contributed by atoms with Crippen molar-refractivity contribution in [1.82, 2.24) is 0 Å². The highest BCUT2D eigenvalue weighted by Crippen LogP contribution is 2.43. The zero-order valence-corrected chi connectivity index (χ0v) is 25.9. The van der Waals surface area contributed by atoms with Gasteiger partial charge < -0.3 is 28.4 Å². The average molecular weight is 595 g/mol. The Bertz CT molecular complexity index is 1480. The summed E-state index contributed by atoms with van der Waals surface area (Å²) in [6.45, 7) is 11.1. The maximum absolute atomic E-state index is 6.08. The van der Waals surface area contributed by atoms with E-state index in [4.69, 9.17) is 28.4 Å². The van der Waals surface area contributed by atoms with Gasteiger partial charge >= 0.3 is 0 Å². The van der Waals surface area contributed by atoms with Gasteiger partial charge in [-0.3, -0.25) is 0 Å². The lowest BCUT2D eigenvalue weighted by molar-refractivity contribution is 0.0728. The van der Waals surface area contributed by atoms with Crippen molar-refractivity contribution in [2.45, 2.75) is 62.4 Å². The molecule has 3 aromatic rings. The molecule has 0 bridgehead atoms. The topological polar surface area (TPSA) is 65.3 Å². The van der Waals surface area contributed by atoms with Gasteiger partial charge in [0.2, 0.25) is 0 Å². The van der Waals surface area contributed by atoms with E-state index in [0.29, 0.717) is 19.8 Å². The molecule has 4 aliphatic rings. The predicted octanol–water partition coefficient (Wildman–Crippen LogP) is 6.54. The SMILES string of the molecule is CC(C)(c1ccc(OCC2CO2)cc1)c1ccc(C(C)(C2=CCC(OCC3CO3)C=C2)c2ccc(OCC3CO3)cc2)cc1. The first-order chi connectivity index (χ1) is 21.4. The fourth-order valence-corrected chi connectivity index (χ4v) is 5.94. The van der Waals surface area contributed by atoms with E-state index in [-0.39, 0.29) is 35.2 Å². The Balaban J connectivity index is 1.13. The molecule has 1 aliphatic carbocycles. The molecule has 0 spiro atoms. The van der Waals surface area contributed by atoms with Crippen molar-refractivity contribution in [2.75, 3.05) is 39.6 Å². The first kappa shape index (κ1) is 29.3. The van der Waals surface area contributed by atoms with E-state index in [1.165, 1.54) is 27.8 Å². The van der Waals surface area contributed by atoms with E-state index < -0.39 is 0 Å². The van der Waals surface area contributed by atoms with Gasteiger partial charge in [0.1, 0.15) is 43.0 Å². The van der Waals surface area contributed by atoms with Gasteiger partial charge in [0.05, 0.1) is 32.5 Å². The summed E-state index contributed by atoms with van der Waals surface area (Å²) in [5, 5.41) is 0. The minimum Gasteiger partial charge on any atom is -0.491 e. The van der Waals surface area contributed by atoms with Gasteiger partial charge in [-0.05, 0) is 65.4 Å². The zero-order chi connectivity index (χ0) is 30.1. The Morgan fingerprint density at radius 1 is 0.614 bits per heavy atom.